The van der Waals surface area contributed by atoms with E-state index in [1.807, 2.05) is 19.9 Å². The summed E-state index contributed by atoms with van der Waals surface area (Å²) in [6, 6.07) is 3.89. The zero-order valence-electron chi connectivity index (χ0n) is 14.2. The molecule has 4 nitrogen and oxygen atoms in total. The maximum Gasteiger partial charge on any atom is 0.303 e. The minimum Gasteiger partial charge on any atom is -0.493 e. The number of aliphatic carboxylic acids is 1. The van der Waals surface area contributed by atoms with Gasteiger partial charge in [-0.25, -0.2) is 0 Å². The predicted octanol–water partition coefficient (Wildman–Crippen LogP) is 4.13. The number of ketones is 1. The summed E-state index contributed by atoms with van der Waals surface area (Å²) in [6.07, 6.45) is 0.575. The number of carboxylic acid groups (broad SMARTS) is 1. The molecule has 0 radical (unpaired) electrons. The van der Waals surface area contributed by atoms with Gasteiger partial charge in [-0.05, 0) is 37.3 Å². The molecule has 0 saturated heterocycles. The molecule has 1 aromatic carbocycles. The van der Waals surface area contributed by atoms with Gasteiger partial charge in [0.05, 0.1) is 12.2 Å². The van der Waals surface area contributed by atoms with E-state index in [2.05, 4.69) is 26.8 Å². The quantitative estimate of drug-likeness (QED) is 0.769. The summed E-state index contributed by atoms with van der Waals surface area (Å²) < 4.78 is 5.76. The van der Waals surface area contributed by atoms with Crippen LogP contribution in [-0.4, -0.2) is 23.5 Å². The van der Waals surface area contributed by atoms with Crippen LogP contribution in [0.2, 0.25) is 0 Å². The van der Waals surface area contributed by atoms with Gasteiger partial charge in [0.25, 0.3) is 0 Å². The second-order valence-corrected chi connectivity index (χ2v) is 6.54. The van der Waals surface area contributed by atoms with Crippen molar-refractivity contribution in [2.45, 2.75) is 59.3 Å². The smallest absolute Gasteiger partial charge is 0.303 e. The standard InChI is InChI=1S/C18H26O4/c1-6-22-17-13(15(19)8-7-9-16(20)21)10-12(2)11-14(17)18(3,4)5/h10-11H,6-9H2,1-5H3,(H,20,21). The van der Waals surface area contributed by atoms with Gasteiger partial charge in [0.15, 0.2) is 5.78 Å². The van der Waals surface area contributed by atoms with Crippen LogP contribution in [0.4, 0.5) is 0 Å². The molecule has 0 aliphatic rings. The summed E-state index contributed by atoms with van der Waals surface area (Å²) in [4.78, 5) is 23.1. The van der Waals surface area contributed by atoms with E-state index in [1.165, 1.54) is 0 Å². The Hall–Kier alpha value is -1.84. The van der Waals surface area contributed by atoms with Gasteiger partial charge in [-0.1, -0.05) is 26.8 Å². The lowest BCUT2D eigenvalue weighted by atomic mass is 9.83. The average molecular weight is 306 g/mol. The third kappa shape index (κ3) is 4.86. The highest BCUT2D eigenvalue weighted by molar-refractivity contribution is 5.99. The lowest BCUT2D eigenvalue weighted by molar-refractivity contribution is -0.137. The minimum absolute atomic E-state index is 0.00759. The fourth-order valence-electron chi connectivity index (χ4n) is 2.37. The van der Waals surface area contributed by atoms with E-state index in [9.17, 15) is 9.59 Å². The number of ether oxygens (including phenoxy) is 1. The van der Waals surface area contributed by atoms with E-state index < -0.39 is 5.97 Å². The second-order valence-electron chi connectivity index (χ2n) is 6.54. The Labute approximate surface area is 132 Å². The number of aryl methyl sites for hydroxylation is 1. The van der Waals surface area contributed by atoms with Crippen LogP contribution in [-0.2, 0) is 10.2 Å². The number of Topliss-reactive ketones (excluding diaryl/α,β-unsaturated/α-hetero) is 1. The number of carbonyl (C=O) groups is 2. The summed E-state index contributed by atoms with van der Waals surface area (Å²) >= 11 is 0. The van der Waals surface area contributed by atoms with Gasteiger partial charge < -0.3 is 9.84 Å². The predicted molar refractivity (Wildman–Crippen MR) is 86.9 cm³/mol. The van der Waals surface area contributed by atoms with Crippen LogP contribution in [0.1, 0.15) is 68.4 Å². The Bertz CT molecular complexity index is 553. The van der Waals surface area contributed by atoms with Crippen molar-refractivity contribution in [3.8, 4) is 5.75 Å². The maximum absolute atomic E-state index is 12.5. The highest BCUT2D eigenvalue weighted by Crippen LogP contribution is 2.36. The molecule has 1 N–H and O–H groups in total. The van der Waals surface area contributed by atoms with Crippen molar-refractivity contribution >= 4 is 11.8 Å². The average Bonchev–Trinajstić information content (AvgIpc) is 2.38. The summed E-state index contributed by atoms with van der Waals surface area (Å²) in [5.41, 5.74) is 2.45. The molecule has 22 heavy (non-hydrogen) atoms. The fraction of sp³-hybridized carbons (Fsp3) is 0.556. The zero-order valence-corrected chi connectivity index (χ0v) is 14.2. The van der Waals surface area contributed by atoms with Crippen molar-refractivity contribution in [2.24, 2.45) is 0 Å². The summed E-state index contributed by atoms with van der Waals surface area (Å²) in [5.74, 6) is -0.294. The van der Waals surface area contributed by atoms with Crippen molar-refractivity contribution in [3.05, 3.63) is 28.8 Å². The molecule has 0 amide bonds. The van der Waals surface area contributed by atoms with Crippen LogP contribution in [0.3, 0.4) is 0 Å². The van der Waals surface area contributed by atoms with Gasteiger partial charge in [-0.2, -0.15) is 0 Å². The number of rotatable bonds is 7. The number of carbonyl (C=O) groups excluding carboxylic acids is 1. The summed E-state index contributed by atoms with van der Waals surface area (Å²) in [6.45, 7) is 10.6. The highest BCUT2D eigenvalue weighted by Gasteiger charge is 2.24. The van der Waals surface area contributed by atoms with Crippen LogP contribution >= 0.6 is 0 Å². The van der Waals surface area contributed by atoms with Gasteiger partial charge >= 0.3 is 5.97 Å². The molecule has 0 unspecified atom stereocenters. The first kappa shape index (κ1) is 18.2. The van der Waals surface area contributed by atoms with E-state index in [-0.39, 0.29) is 24.0 Å². The molecule has 0 heterocycles. The Morgan fingerprint density at radius 3 is 2.32 bits per heavy atom. The molecular formula is C18H26O4. The lowest BCUT2D eigenvalue weighted by Gasteiger charge is -2.25. The third-order valence-electron chi connectivity index (χ3n) is 3.42. The van der Waals surface area contributed by atoms with Gasteiger partial charge in [0.2, 0.25) is 0 Å². The first-order valence-corrected chi connectivity index (χ1v) is 7.69. The highest BCUT2D eigenvalue weighted by atomic mass is 16.5. The molecule has 122 valence electrons. The molecule has 4 heteroatoms. The molecule has 0 saturated carbocycles. The summed E-state index contributed by atoms with van der Waals surface area (Å²) in [5, 5.41) is 8.69. The number of carboxylic acids is 1. The molecule has 0 aromatic heterocycles. The van der Waals surface area contributed by atoms with E-state index in [0.717, 1.165) is 11.1 Å². The van der Waals surface area contributed by atoms with Gasteiger partial charge in [0.1, 0.15) is 5.75 Å². The zero-order chi connectivity index (χ0) is 16.9. The normalized spacial score (nSPS) is 11.3. The molecule has 0 aliphatic carbocycles. The molecule has 0 aliphatic heterocycles. The number of hydrogen-bond donors (Lipinski definition) is 1. The van der Waals surface area contributed by atoms with E-state index >= 15 is 0 Å². The van der Waals surface area contributed by atoms with Gasteiger partial charge in [-0.3, -0.25) is 9.59 Å². The number of hydrogen-bond acceptors (Lipinski definition) is 3. The fourth-order valence-corrected chi connectivity index (χ4v) is 2.37. The Balaban J connectivity index is 3.19. The van der Waals surface area contributed by atoms with Crippen molar-refractivity contribution in [1.29, 1.82) is 0 Å². The lowest BCUT2D eigenvalue weighted by Crippen LogP contribution is -2.17. The SMILES string of the molecule is CCOc1c(C(=O)CCCC(=O)O)cc(C)cc1C(C)(C)C. The first-order valence-electron chi connectivity index (χ1n) is 7.69. The topological polar surface area (TPSA) is 63.6 Å². The van der Waals surface area contributed by atoms with Gasteiger partial charge in [0, 0.05) is 18.4 Å². The Morgan fingerprint density at radius 2 is 1.82 bits per heavy atom. The molecule has 0 spiro atoms. The second kappa shape index (κ2) is 7.43. The van der Waals surface area contributed by atoms with Crippen LogP contribution in [0.5, 0.6) is 5.75 Å². The third-order valence-corrected chi connectivity index (χ3v) is 3.42. The van der Waals surface area contributed by atoms with Crippen molar-refractivity contribution in [3.63, 3.8) is 0 Å². The molecule has 1 aromatic rings. The van der Waals surface area contributed by atoms with Crippen LogP contribution in [0.15, 0.2) is 12.1 Å². The van der Waals surface area contributed by atoms with E-state index in [0.29, 0.717) is 24.3 Å². The van der Waals surface area contributed by atoms with E-state index in [1.54, 1.807) is 0 Å². The molecule has 1 rings (SSSR count). The van der Waals surface area contributed by atoms with Gasteiger partial charge in [-0.15, -0.1) is 0 Å². The Morgan fingerprint density at radius 1 is 1.18 bits per heavy atom. The van der Waals surface area contributed by atoms with Crippen LogP contribution in [0.25, 0.3) is 0 Å². The Kier molecular flexibility index (Phi) is 6.15. The van der Waals surface area contributed by atoms with Crippen LogP contribution < -0.4 is 4.74 Å². The first-order chi connectivity index (χ1) is 10.2. The monoisotopic (exact) mass is 306 g/mol. The van der Waals surface area contributed by atoms with Crippen molar-refractivity contribution in [1.82, 2.24) is 0 Å². The largest absolute Gasteiger partial charge is 0.493 e. The van der Waals surface area contributed by atoms with E-state index in [4.69, 9.17) is 9.84 Å². The summed E-state index contributed by atoms with van der Waals surface area (Å²) in [7, 11) is 0. The van der Waals surface area contributed by atoms with Crippen LogP contribution in [0, 0.1) is 6.92 Å². The van der Waals surface area contributed by atoms with Crippen molar-refractivity contribution in [2.75, 3.05) is 6.61 Å². The minimum atomic E-state index is -0.877. The molecule has 0 bridgehead atoms. The molecule has 0 atom stereocenters. The number of benzene rings is 1. The maximum atomic E-state index is 12.5. The molecular weight excluding hydrogens is 280 g/mol. The van der Waals surface area contributed by atoms with Crippen molar-refractivity contribution < 1.29 is 19.4 Å². The molecule has 0 fully saturated rings.